The number of hydrogen-bond acceptors (Lipinski definition) is 2. The number of pyridine rings is 1. The fourth-order valence-corrected chi connectivity index (χ4v) is 1.34. The second kappa shape index (κ2) is 3.57. The maximum absolute atomic E-state index is 13.5. The van der Waals surface area contributed by atoms with Gasteiger partial charge in [-0.15, -0.1) is 0 Å². The van der Waals surface area contributed by atoms with Crippen molar-refractivity contribution in [3.63, 3.8) is 0 Å². The molecule has 0 amide bonds. The zero-order chi connectivity index (χ0) is 10.8. The van der Waals surface area contributed by atoms with Crippen molar-refractivity contribution in [1.29, 1.82) is 0 Å². The van der Waals surface area contributed by atoms with Gasteiger partial charge >= 0.3 is 0 Å². The molecule has 0 saturated carbocycles. The highest BCUT2D eigenvalue weighted by Gasteiger charge is 2.05. The third kappa shape index (κ3) is 1.74. The Hall–Kier alpha value is -2.10. The maximum Gasteiger partial charge on any atom is 0.255 e. The summed E-state index contributed by atoms with van der Waals surface area (Å²) in [5, 5.41) is 0. The van der Waals surface area contributed by atoms with E-state index in [1.54, 1.807) is 18.2 Å². The van der Waals surface area contributed by atoms with Crippen molar-refractivity contribution in [2.75, 3.05) is 5.73 Å². The number of anilines is 1. The van der Waals surface area contributed by atoms with Gasteiger partial charge in [-0.2, -0.15) is 0 Å². The Morgan fingerprint density at radius 1 is 1.20 bits per heavy atom. The second-order valence-corrected chi connectivity index (χ2v) is 3.12. The molecular weight excluding hydrogens is 195 g/mol. The third-order valence-corrected chi connectivity index (χ3v) is 2.05. The molecule has 4 heteroatoms. The average Bonchev–Trinajstić information content (AvgIpc) is 2.20. The van der Waals surface area contributed by atoms with Crippen LogP contribution in [0.5, 0.6) is 0 Å². The van der Waals surface area contributed by atoms with E-state index < -0.39 is 5.82 Å². The molecule has 0 unspecified atom stereocenters. The molecule has 2 aromatic rings. The molecule has 2 N–H and O–H groups in total. The van der Waals surface area contributed by atoms with E-state index in [0.29, 0.717) is 5.69 Å². The average molecular weight is 204 g/mol. The topological polar surface area (TPSA) is 48.0 Å². The van der Waals surface area contributed by atoms with Gasteiger partial charge in [0.25, 0.3) is 5.56 Å². The van der Waals surface area contributed by atoms with Crippen molar-refractivity contribution in [2.24, 2.45) is 0 Å². The molecule has 0 bridgehead atoms. The van der Waals surface area contributed by atoms with E-state index in [0.717, 1.165) is 0 Å². The minimum Gasteiger partial charge on any atom is -0.399 e. The molecule has 1 aromatic heterocycles. The summed E-state index contributed by atoms with van der Waals surface area (Å²) in [4.78, 5) is 11.4. The number of aromatic nitrogens is 1. The molecule has 0 aliphatic heterocycles. The molecule has 76 valence electrons. The highest BCUT2D eigenvalue weighted by atomic mass is 19.1. The zero-order valence-corrected chi connectivity index (χ0v) is 7.85. The van der Waals surface area contributed by atoms with Gasteiger partial charge in [-0.3, -0.25) is 9.36 Å². The van der Waals surface area contributed by atoms with Gasteiger partial charge in [0.2, 0.25) is 0 Å². The van der Waals surface area contributed by atoms with Crippen LogP contribution in [0.1, 0.15) is 0 Å². The smallest absolute Gasteiger partial charge is 0.255 e. The molecule has 0 aliphatic carbocycles. The minimum absolute atomic E-state index is 0.204. The molecule has 0 radical (unpaired) electrons. The van der Waals surface area contributed by atoms with Crippen molar-refractivity contribution in [2.45, 2.75) is 0 Å². The maximum atomic E-state index is 13.5. The summed E-state index contributed by atoms with van der Waals surface area (Å²) in [6, 6.07) is 8.86. The Kier molecular flexibility index (Phi) is 2.25. The molecule has 0 saturated heterocycles. The fourth-order valence-electron chi connectivity index (χ4n) is 1.34. The monoisotopic (exact) mass is 204 g/mol. The molecule has 1 aromatic carbocycles. The summed E-state index contributed by atoms with van der Waals surface area (Å²) >= 11 is 0. The van der Waals surface area contributed by atoms with Crippen LogP contribution >= 0.6 is 0 Å². The van der Waals surface area contributed by atoms with Crippen LogP contribution in [0.25, 0.3) is 5.69 Å². The Bertz CT molecular complexity index is 548. The number of hydrogen-bond donors (Lipinski definition) is 1. The van der Waals surface area contributed by atoms with E-state index in [-0.39, 0.29) is 11.2 Å². The van der Waals surface area contributed by atoms with Crippen LogP contribution in [0.15, 0.2) is 47.4 Å². The lowest BCUT2D eigenvalue weighted by molar-refractivity contribution is 0.617. The van der Waals surface area contributed by atoms with Gasteiger partial charge in [0.05, 0.1) is 5.69 Å². The number of rotatable bonds is 1. The Labute approximate surface area is 85.6 Å². The van der Waals surface area contributed by atoms with Crippen LogP contribution in [-0.2, 0) is 0 Å². The van der Waals surface area contributed by atoms with Gasteiger partial charge in [0, 0.05) is 18.0 Å². The van der Waals surface area contributed by atoms with Gasteiger partial charge < -0.3 is 5.73 Å². The predicted molar refractivity (Wildman–Crippen MR) is 56.4 cm³/mol. The van der Waals surface area contributed by atoms with E-state index in [1.807, 2.05) is 0 Å². The highest BCUT2D eigenvalue weighted by molar-refractivity contribution is 5.46. The van der Waals surface area contributed by atoms with Gasteiger partial charge in [-0.05, 0) is 24.3 Å². The number of benzene rings is 1. The van der Waals surface area contributed by atoms with Crippen molar-refractivity contribution in [1.82, 2.24) is 4.57 Å². The van der Waals surface area contributed by atoms with Crippen molar-refractivity contribution in [3.8, 4) is 5.69 Å². The van der Waals surface area contributed by atoms with Crippen LogP contribution < -0.4 is 11.3 Å². The van der Waals surface area contributed by atoms with E-state index in [2.05, 4.69) is 0 Å². The van der Waals surface area contributed by atoms with E-state index >= 15 is 0 Å². The SMILES string of the molecule is Nc1ccc(-n2ccccc2=O)c(F)c1. The molecule has 2 rings (SSSR count). The van der Waals surface area contributed by atoms with Crippen molar-refractivity contribution in [3.05, 3.63) is 58.8 Å². The fraction of sp³-hybridized carbons (Fsp3) is 0. The van der Waals surface area contributed by atoms with Crippen LogP contribution in [-0.4, -0.2) is 4.57 Å². The van der Waals surface area contributed by atoms with Gasteiger partial charge in [0.15, 0.2) is 0 Å². The largest absolute Gasteiger partial charge is 0.399 e. The zero-order valence-electron chi connectivity index (χ0n) is 7.85. The molecular formula is C11H9FN2O. The van der Waals surface area contributed by atoms with Crippen LogP contribution in [0.4, 0.5) is 10.1 Å². The lowest BCUT2D eigenvalue weighted by Gasteiger charge is -2.06. The number of nitrogen functional groups attached to an aromatic ring is 1. The molecule has 0 spiro atoms. The van der Waals surface area contributed by atoms with Gasteiger partial charge in [-0.25, -0.2) is 4.39 Å². The van der Waals surface area contributed by atoms with Crippen LogP contribution in [0, 0.1) is 5.82 Å². The highest BCUT2D eigenvalue weighted by Crippen LogP contribution is 2.14. The standard InChI is InChI=1S/C11H9FN2O/c12-9-7-8(13)4-5-10(9)14-6-2-1-3-11(14)15/h1-7H,13H2. The Balaban J connectivity index is 2.65. The normalized spacial score (nSPS) is 10.2. The van der Waals surface area contributed by atoms with Gasteiger partial charge in [-0.1, -0.05) is 6.07 Å². The van der Waals surface area contributed by atoms with Crippen molar-refractivity contribution >= 4 is 5.69 Å². The second-order valence-electron chi connectivity index (χ2n) is 3.12. The van der Waals surface area contributed by atoms with E-state index in [4.69, 9.17) is 5.73 Å². The molecule has 1 heterocycles. The van der Waals surface area contributed by atoms with Crippen LogP contribution in [0.3, 0.4) is 0 Å². The van der Waals surface area contributed by atoms with Crippen LogP contribution in [0.2, 0.25) is 0 Å². The first-order valence-electron chi connectivity index (χ1n) is 4.41. The molecule has 15 heavy (non-hydrogen) atoms. The number of halogens is 1. The summed E-state index contributed by atoms with van der Waals surface area (Å²) in [5.74, 6) is -0.511. The summed E-state index contributed by atoms with van der Waals surface area (Å²) in [6.45, 7) is 0. The first-order chi connectivity index (χ1) is 7.18. The van der Waals surface area contributed by atoms with Crippen molar-refractivity contribution < 1.29 is 4.39 Å². The Morgan fingerprint density at radius 3 is 2.67 bits per heavy atom. The molecule has 0 atom stereocenters. The van der Waals surface area contributed by atoms with Gasteiger partial charge in [0.1, 0.15) is 5.82 Å². The quantitative estimate of drug-likeness (QED) is 0.716. The summed E-state index contributed by atoms with van der Waals surface area (Å²) in [6.07, 6.45) is 1.51. The summed E-state index contributed by atoms with van der Waals surface area (Å²) in [5.41, 5.74) is 5.68. The summed E-state index contributed by atoms with van der Waals surface area (Å²) in [7, 11) is 0. The molecule has 3 nitrogen and oxygen atoms in total. The Morgan fingerprint density at radius 2 is 2.00 bits per heavy atom. The molecule has 0 aliphatic rings. The number of nitrogens with two attached hydrogens (primary N) is 1. The van der Waals surface area contributed by atoms with E-state index in [1.165, 1.54) is 29.0 Å². The number of nitrogens with zero attached hydrogens (tertiary/aromatic N) is 1. The lowest BCUT2D eigenvalue weighted by atomic mass is 10.2. The first kappa shape index (κ1) is 9.45. The lowest BCUT2D eigenvalue weighted by Crippen LogP contribution is -2.16. The predicted octanol–water partition coefficient (Wildman–Crippen LogP) is 1.56. The van der Waals surface area contributed by atoms with E-state index in [9.17, 15) is 9.18 Å². The minimum atomic E-state index is -0.511. The molecule has 0 fully saturated rings. The first-order valence-corrected chi connectivity index (χ1v) is 4.41. The third-order valence-electron chi connectivity index (χ3n) is 2.05. The summed E-state index contributed by atoms with van der Waals surface area (Å²) < 4.78 is 14.7.